The molecule has 0 saturated carbocycles. The molecule has 1 heterocycles. The summed E-state index contributed by atoms with van der Waals surface area (Å²) in [7, 11) is 0. The van der Waals surface area contributed by atoms with Gasteiger partial charge in [-0.25, -0.2) is 4.98 Å². The van der Waals surface area contributed by atoms with Crippen molar-refractivity contribution < 1.29 is 9.72 Å². The van der Waals surface area contributed by atoms with Crippen LogP contribution < -0.4 is 11.1 Å². The van der Waals surface area contributed by atoms with Gasteiger partial charge in [0.2, 0.25) is 0 Å². The normalized spacial score (nSPS) is 10.2. The molecule has 2 aromatic rings. The van der Waals surface area contributed by atoms with Crippen molar-refractivity contribution in [1.29, 1.82) is 0 Å². The second-order valence-corrected chi connectivity index (χ2v) is 4.64. The highest BCUT2D eigenvalue weighted by Gasteiger charge is 2.15. The second-order valence-electron chi connectivity index (χ2n) is 3.78. The van der Waals surface area contributed by atoms with Gasteiger partial charge in [0, 0.05) is 17.0 Å². The van der Waals surface area contributed by atoms with Gasteiger partial charge >= 0.3 is 0 Å². The molecule has 0 bridgehead atoms. The minimum absolute atomic E-state index is 0.0482. The van der Waals surface area contributed by atoms with Gasteiger partial charge in [0.1, 0.15) is 5.69 Å². The number of thiazole rings is 1. The van der Waals surface area contributed by atoms with Crippen LogP contribution in [-0.2, 0) is 0 Å². The highest BCUT2D eigenvalue weighted by molar-refractivity contribution is 7.13. The van der Waals surface area contributed by atoms with Gasteiger partial charge in [-0.05, 0) is 19.1 Å². The van der Waals surface area contributed by atoms with E-state index >= 15 is 0 Å². The molecule has 0 atom stereocenters. The lowest BCUT2D eigenvalue weighted by molar-refractivity contribution is -0.383. The summed E-state index contributed by atoms with van der Waals surface area (Å²) < 4.78 is 0. The van der Waals surface area contributed by atoms with Gasteiger partial charge in [-0.2, -0.15) is 0 Å². The topological polar surface area (TPSA) is 111 Å². The number of nitro benzene ring substituents is 1. The van der Waals surface area contributed by atoms with Crippen LogP contribution in [0.4, 0.5) is 16.5 Å². The number of carbonyl (C=O) groups excluding carboxylic acids is 1. The van der Waals surface area contributed by atoms with E-state index < -0.39 is 10.8 Å². The Bertz CT molecular complexity index is 653. The predicted molar refractivity (Wildman–Crippen MR) is 72.3 cm³/mol. The van der Waals surface area contributed by atoms with Crippen molar-refractivity contribution in [3.8, 4) is 0 Å². The molecule has 0 fully saturated rings. The van der Waals surface area contributed by atoms with Crippen molar-refractivity contribution in [2.45, 2.75) is 6.92 Å². The average molecular weight is 278 g/mol. The lowest BCUT2D eigenvalue weighted by Gasteiger charge is -2.03. The number of amides is 1. The molecule has 19 heavy (non-hydrogen) atoms. The molecule has 0 radical (unpaired) electrons. The summed E-state index contributed by atoms with van der Waals surface area (Å²) in [6.07, 6.45) is 0. The van der Waals surface area contributed by atoms with Crippen molar-refractivity contribution in [2.24, 2.45) is 0 Å². The highest BCUT2D eigenvalue weighted by Crippen LogP contribution is 2.23. The fourth-order valence-electron chi connectivity index (χ4n) is 1.44. The minimum Gasteiger partial charge on any atom is -0.393 e. The van der Waals surface area contributed by atoms with Gasteiger partial charge in [0.25, 0.3) is 11.6 Å². The quantitative estimate of drug-likeness (QED) is 0.508. The van der Waals surface area contributed by atoms with E-state index in [-0.39, 0.29) is 16.9 Å². The summed E-state index contributed by atoms with van der Waals surface area (Å²) in [6, 6.07) is 3.83. The minimum atomic E-state index is -0.596. The lowest BCUT2D eigenvalue weighted by Crippen LogP contribution is -2.12. The molecule has 1 aromatic heterocycles. The molecule has 0 aliphatic carbocycles. The van der Waals surface area contributed by atoms with E-state index in [2.05, 4.69) is 10.3 Å². The monoisotopic (exact) mass is 278 g/mol. The first-order chi connectivity index (χ1) is 8.97. The fourth-order valence-corrected chi connectivity index (χ4v) is 2.13. The molecular weight excluding hydrogens is 268 g/mol. The van der Waals surface area contributed by atoms with E-state index in [1.54, 1.807) is 5.38 Å². The SMILES string of the molecule is Cc1csc(NC(=O)c2ccc([N+](=O)[O-])c(N)c2)n1. The number of benzene rings is 1. The van der Waals surface area contributed by atoms with Crippen LogP contribution in [-0.4, -0.2) is 15.8 Å². The van der Waals surface area contributed by atoms with Crippen LogP contribution in [0.1, 0.15) is 16.1 Å². The standard InChI is InChI=1S/C11H10N4O3S/c1-6-5-19-11(13-6)14-10(16)7-2-3-9(15(17)18)8(12)4-7/h2-5H,12H2,1H3,(H,13,14,16). The summed E-state index contributed by atoms with van der Waals surface area (Å²) in [6.45, 7) is 1.82. The lowest BCUT2D eigenvalue weighted by atomic mass is 10.1. The van der Waals surface area contributed by atoms with Gasteiger partial charge < -0.3 is 5.73 Å². The van der Waals surface area contributed by atoms with E-state index in [1.165, 1.54) is 29.5 Å². The summed E-state index contributed by atoms with van der Waals surface area (Å²) >= 11 is 1.30. The molecule has 2 rings (SSSR count). The molecule has 8 heteroatoms. The molecular formula is C11H10N4O3S. The number of aromatic nitrogens is 1. The first-order valence-electron chi connectivity index (χ1n) is 5.25. The van der Waals surface area contributed by atoms with Crippen LogP contribution in [0.15, 0.2) is 23.6 Å². The van der Waals surface area contributed by atoms with Gasteiger partial charge in [0.05, 0.1) is 10.6 Å². The van der Waals surface area contributed by atoms with E-state index in [4.69, 9.17) is 5.73 Å². The zero-order valence-electron chi connectivity index (χ0n) is 9.91. The number of rotatable bonds is 3. The Hall–Kier alpha value is -2.48. The third kappa shape index (κ3) is 2.86. The predicted octanol–water partition coefficient (Wildman–Crippen LogP) is 2.19. The summed E-state index contributed by atoms with van der Waals surface area (Å²) in [4.78, 5) is 26.0. The van der Waals surface area contributed by atoms with E-state index in [9.17, 15) is 14.9 Å². The maximum atomic E-state index is 11.9. The van der Waals surface area contributed by atoms with Gasteiger partial charge in [0.15, 0.2) is 5.13 Å². The molecule has 98 valence electrons. The van der Waals surface area contributed by atoms with Gasteiger partial charge in [-0.3, -0.25) is 20.2 Å². The maximum Gasteiger partial charge on any atom is 0.292 e. The zero-order valence-corrected chi connectivity index (χ0v) is 10.7. The molecule has 3 N–H and O–H groups in total. The first-order valence-corrected chi connectivity index (χ1v) is 6.12. The number of nitrogens with zero attached hydrogens (tertiary/aromatic N) is 2. The highest BCUT2D eigenvalue weighted by atomic mass is 32.1. The number of nitrogens with one attached hydrogen (secondary N) is 1. The molecule has 7 nitrogen and oxygen atoms in total. The van der Waals surface area contributed by atoms with Crippen LogP contribution in [0.3, 0.4) is 0 Å². The van der Waals surface area contributed by atoms with Crippen LogP contribution in [0.5, 0.6) is 0 Å². The summed E-state index contributed by atoms with van der Waals surface area (Å²) in [5.41, 5.74) is 6.31. The van der Waals surface area contributed by atoms with Crippen molar-refractivity contribution in [3.63, 3.8) is 0 Å². The third-order valence-corrected chi connectivity index (χ3v) is 3.20. The molecule has 1 aromatic carbocycles. The molecule has 0 saturated heterocycles. The van der Waals surface area contributed by atoms with Gasteiger partial charge in [-0.15, -0.1) is 11.3 Å². The van der Waals surface area contributed by atoms with Crippen molar-refractivity contribution in [1.82, 2.24) is 4.98 Å². The largest absolute Gasteiger partial charge is 0.393 e. The second kappa shape index (κ2) is 5.02. The first kappa shape index (κ1) is 13.0. The number of hydrogen-bond donors (Lipinski definition) is 2. The van der Waals surface area contributed by atoms with Crippen molar-refractivity contribution >= 4 is 33.8 Å². The van der Waals surface area contributed by atoms with Crippen LogP contribution in [0.25, 0.3) is 0 Å². The molecule has 0 spiro atoms. The van der Waals surface area contributed by atoms with Gasteiger partial charge in [-0.1, -0.05) is 0 Å². The number of nitrogens with two attached hydrogens (primary N) is 1. The Balaban J connectivity index is 2.20. The van der Waals surface area contributed by atoms with E-state index in [0.29, 0.717) is 5.13 Å². The average Bonchev–Trinajstić information content (AvgIpc) is 2.74. The Kier molecular flexibility index (Phi) is 3.43. The number of nitrogen functional groups attached to an aromatic ring is 1. The maximum absolute atomic E-state index is 11.9. The van der Waals surface area contributed by atoms with Crippen LogP contribution >= 0.6 is 11.3 Å². The Labute approximate surface area is 112 Å². The fraction of sp³-hybridized carbons (Fsp3) is 0.0909. The van der Waals surface area contributed by atoms with E-state index in [1.807, 2.05) is 6.92 Å². The van der Waals surface area contributed by atoms with Crippen molar-refractivity contribution in [2.75, 3.05) is 11.1 Å². The number of anilines is 2. The molecule has 0 aliphatic heterocycles. The number of aryl methyl sites for hydroxylation is 1. The third-order valence-electron chi connectivity index (χ3n) is 2.33. The molecule has 1 amide bonds. The summed E-state index contributed by atoms with van der Waals surface area (Å²) in [5, 5.41) is 15.5. The Morgan fingerprint density at radius 2 is 2.26 bits per heavy atom. The van der Waals surface area contributed by atoms with E-state index in [0.717, 1.165) is 5.69 Å². The zero-order chi connectivity index (χ0) is 14.0. The van der Waals surface area contributed by atoms with Crippen LogP contribution in [0.2, 0.25) is 0 Å². The number of hydrogen-bond acceptors (Lipinski definition) is 6. The number of carbonyl (C=O) groups is 1. The molecule has 0 unspecified atom stereocenters. The smallest absolute Gasteiger partial charge is 0.292 e. The number of nitro groups is 1. The van der Waals surface area contributed by atoms with Crippen molar-refractivity contribution in [3.05, 3.63) is 45.0 Å². The molecule has 0 aliphatic rings. The van der Waals surface area contributed by atoms with Crippen LogP contribution in [0, 0.1) is 17.0 Å². The Morgan fingerprint density at radius 1 is 1.53 bits per heavy atom. The summed E-state index contributed by atoms with van der Waals surface area (Å²) in [5.74, 6) is -0.407. The Morgan fingerprint density at radius 3 is 2.79 bits per heavy atom.